The lowest BCUT2D eigenvalue weighted by Crippen LogP contribution is -3.13. The first-order valence-corrected chi connectivity index (χ1v) is 10.1. The van der Waals surface area contributed by atoms with Gasteiger partial charge in [-0.25, -0.2) is 15.0 Å². The van der Waals surface area contributed by atoms with Gasteiger partial charge in [-0.2, -0.15) is 0 Å². The maximum Gasteiger partial charge on any atom is 0.225 e. The smallest absolute Gasteiger partial charge is 0.225 e. The highest BCUT2D eigenvalue weighted by atomic mass is 32.1. The van der Waals surface area contributed by atoms with Crippen LogP contribution in [0.25, 0.3) is 10.6 Å². The first-order chi connectivity index (χ1) is 12.8. The highest BCUT2D eigenvalue weighted by Crippen LogP contribution is 2.24. The van der Waals surface area contributed by atoms with E-state index in [4.69, 9.17) is 4.98 Å². The van der Waals surface area contributed by atoms with Crippen LogP contribution in [-0.2, 0) is 13.0 Å². The van der Waals surface area contributed by atoms with E-state index in [1.54, 1.807) is 16.2 Å². The summed E-state index contributed by atoms with van der Waals surface area (Å²) >= 11 is 1.75. The number of anilines is 1. The van der Waals surface area contributed by atoms with Gasteiger partial charge in [0.25, 0.3) is 0 Å². The first-order valence-electron chi connectivity index (χ1n) is 9.21. The number of aromatic nitrogens is 3. The zero-order valence-corrected chi connectivity index (χ0v) is 15.9. The Morgan fingerprint density at radius 3 is 2.50 bits per heavy atom. The summed E-state index contributed by atoms with van der Waals surface area (Å²) in [7, 11) is 0. The molecule has 0 spiro atoms. The highest BCUT2D eigenvalue weighted by Gasteiger charge is 2.22. The van der Waals surface area contributed by atoms with E-state index in [0.717, 1.165) is 50.1 Å². The fraction of sp³-hybridized carbons (Fsp3) is 0.350. The molecule has 3 aromatic rings. The summed E-state index contributed by atoms with van der Waals surface area (Å²) in [6, 6.07) is 10.6. The van der Waals surface area contributed by atoms with Crippen LogP contribution in [0.15, 0.2) is 48.1 Å². The van der Waals surface area contributed by atoms with E-state index in [0.29, 0.717) is 0 Å². The van der Waals surface area contributed by atoms with Crippen LogP contribution >= 0.6 is 11.3 Å². The molecule has 0 unspecified atom stereocenters. The van der Waals surface area contributed by atoms with Crippen molar-refractivity contribution in [2.24, 2.45) is 0 Å². The molecule has 1 fully saturated rings. The largest absolute Gasteiger partial charge is 0.330 e. The second-order valence-corrected chi connectivity index (χ2v) is 7.52. The van der Waals surface area contributed by atoms with Crippen LogP contribution in [0.4, 0.5) is 5.95 Å². The topological polar surface area (TPSA) is 46.4 Å². The zero-order chi connectivity index (χ0) is 17.8. The average molecular weight is 367 g/mol. The van der Waals surface area contributed by atoms with Gasteiger partial charge < -0.3 is 9.80 Å². The second-order valence-electron chi connectivity index (χ2n) is 6.66. The monoisotopic (exact) mass is 366 g/mol. The summed E-state index contributed by atoms with van der Waals surface area (Å²) in [6.07, 6.45) is 4.70. The average Bonchev–Trinajstić information content (AvgIpc) is 3.18. The predicted octanol–water partition coefficient (Wildman–Crippen LogP) is 2.07. The Hall–Kier alpha value is -2.31. The van der Waals surface area contributed by atoms with Crippen molar-refractivity contribution >= 4 is 17.3 Å². The summed E-state index contributed by atoms with van der Waals surface area (Å²) in [5.74, 6) is 0.845. The Morgan fingerprint density at radius 1 is 1.08 bits per heavy atom. The molecular formula is C20H24N5S+. The standard InChI is InChI=1S/C20H23N5S/c1-2-16-4-6-17(7-5-16)19-23-18(15-26-19)14-24-10-12-25(13-11-24)20-21-8-3-9-22-20/h3-9,15H,2,10-14H2,1H3/p+1. The Bertz CT molecular complexity index is 823. The maximum atomic E-state index is 4.87. The zero-order valence-electron chi connectivity index (χ0n) is 15.1. The number of benzene rings is 1. The van der Waals surface area contributed by atoms with Gasteiger partial charge in [0.2, 0.25) is 5.95 Å². The van der Waals surface area contributed by atoms with Gasteiger partial charge in [0, 0.05) is 23.3 Å². The van der Waals surface area contributed by atoms with Gasteiger partial charge in [0.1, 0.15) is 17.2 Å². The van der Waals surface area contributed by atoms with Crippen LogP contribution in [0.1, 0.15) is 18.2 Å². The second kappa shape index (κ2) is 7.93. The molecule has 1 aliphatic rings. The minimum atomic E-state index is 0.845. The van der Waals surface area contributed by atoms with Crippen LogP contribution in [0.3, 0.4) is 0 Å². The third-order valence-electron chi connectivity index (χ3n) is 4.90. The van der Waals surface area contributed by atoms with Gasteiger partial charge in [-0.1, -0.05) is 31.2 Å². The van der Waals surface area contributed by atoms with E-state index in [9.17, 15) is 0 Å². The van der Waals surface area contributed by atoms with Crippen LogP contribution in [0.5, 0.6) is 0 Å². The molecule has 1 N–H and O–H groups in total. The van der Waals surface area contributed by atoms with Gasteiger partial charge in [-0.15, -0.1) is 11.3 Å². The number of quaternary nitrogens is 1. The quantitative estimate of drug-likeness (QED) is 0.751. The summed E-state index contributed by atoms with van der Waals surface area (Å²) in [5.41, 5.74) is 3.79. The van der Waals surface area contributed by atoms with Gasteiger partial charge >= 0.3 is 0 Å². The van der Waals surface area contributed by atoms with E-state index in [-0.39, 0.29) is 0 Å². The highest BCUT2D eigenvalue weighted by molar-refractivity contribution is 7.13. The Morgan fingerprint density at radius 2 is 1.81 bits per heavy atom. The predicted molar refractivity (Wildman–Crippen MR) is 106 cm³/mol. The summed E-state index contributed by atoms with van der Waals surface area (Å²) in [4.78, 5) is 17.4. The molecule has 0 saturated carbocycles. The summed E-state index contributed by atoms with van der Waals surface area (Å²) < 4.78 is 0. The van der Waals surface area contributed by atoms with Crippen molar-refractivity contribution < 1.29 is 4.90 Å². The van der Waals surface area contributed by atoms with Crippen LogP contribution in [0, 0.1) is 0 Å². The van der Waals surface area contributed by atoms with Crippen molar-refractivity contribution in [3.05, 3.63) is 59.4 Å². The molecule has 3 heterocycles. The van der Waals surface area contributed by atoms with Crippen LogP contribution in [-0.4, -0.2) is 41.1 Å². The van der Waals surface area contributed by atoms with Crippen LogP contribution < -0.4 is 9.80 Å². The number of hydrogen-bond donors (Lipinski definition) is 1. The van der Waals surface area contributed by atoms with Crippen LogP contribution in [0.2, 0.25) is 0 Å². The number of thiazole rings is 1. The van der Waals surface area contributed by atoms with Gasteiger partial charge in [-0.3, -0.25) is 0 Å². The Balaban J connectivity index is 1.35. The number of hydrogen-bond acceptors (Lipinski definition) is 5. The third-order valence-corrected chi connectivity index (χ3v) is 5.84. The molecule has 134 valence electrons. The molecule has 5 nitrogen and oxygen atoms in total. The molecule has 0 amide bonds. The molecular weight excluding hydrogens is 342 g/mol. The fourth-order valence-corrected chi connectivity index (χ4v) is 4.14. The van der Waals surface area contributed by atoms with Crippen molar-refractivity contribution in [1.82, 2.24) is 15.0 Å². The number of piperazine rings is 1. The van der Waals surface area contributed by atoms with Gasteiger partial charge in [0.15, 0.2) is 0 Å². The number of rotatable bonds is 5. The molecule has 0 aliphatic carbocycles. The molecule has 1 aromatic carbocycles. The molecule has 0 radical (unpaired) electrons. The lowest BCUT2D eigenvalue weighted by molar-refractivity contribution is -0.914. The number of nitrogens with one attached hydrogen (secondary N) is 1. The van der Waals surface area contributed by atoms with Crippen molar-refractivity contribution in [2.75, 3.05) is 31.1 Å². The van der Waals surface area contributed by atoms with Crippen molar-refractivity contribution in [1.29, 1.82) is 0 Å². The number of nitrogens with zero attached hydrogens (tertiary/aromatic N) is 4. The molecule has 1 saturated heterocycles. The third kappa shape index (κ3) is 3.92. The lowest BCUT2D eigenvalue weighted by atomic mass is 10.1. The Kier molecular flexibility index (Phi) is 5.22. The van der Waals surface area contributed by atoms with E-state index < -0.39 is 0 Å². The van der Waals surface area contributed by atoms with E-state index in [1.165, 1.54) is 16.8 Å². The number of aryl methyl sites for hydroxylation is 1. The van der Waals surface area contributed by atoms with Crippen molar-refractivity contribution in [3.8, 4) is 10.6 Å². The maximum absolute atomic E-state index is 4.87. The van der Waals surface area contributed by atoms with Crippen molar-refractivity contribution in [2.45, 2.75) is 19.9 Å². The first kappa shape index (κ1) is 17.1. The molecule has 0 bridgehead atoms. The normalized spacial score (nSPS) is 15.3. The van der Waals surface area contributed by atoms with E-state index in [2.05, 4.69) is 51.4 Å². The van der Waals surface area contributed by atoms with Crippen molar-refractivity contribution in [3.63, 3.8) is 0 Å². The molecule has 0 atom stereocenters. The fourth-order valence-electron chi connectivity index (χ4n) is 3.31. The minimum Gasteiger partial charge on any atom is -0.330 e. The molecule has 26 heavy (non-hydrogen) atoms. The molecule has 2 aromatic heterocycles. The Labute approximate surface area is 158 Å². The SMILES string of the molecule is CCc1ccc(-c2nc(C[NH+]3CCN(c4ncccn4)CC3)cs2)cc1. The molecule has 4 rings (SSSR count). The molecule has 1 aliphatic heterocycles. The van der Waals surface area contributed by atoms with E-state index in [1.807, 2.05) is 18.5 Å². The summed E-state index contributed by atoms with van der Waals surface area (Å²) in [6.45, 7) is 7.35. The summed E-state index contributed by atoms with van der Waals surface area (Å²) in [5, 5.41) is 3.33. The molecule has 6 heteroatoms. The van der Waals surface area contributed by atoms with Gasteiger partial charge in [-0.05, 0) is 18.1 Å². The van der Waals surface area contributed by atoms with Gasteiger partial charge in [0.05, 0.1) is 26.2 Å². The minimum absolute atomic E-state index is 0.845. The van der Waals surface area contributed by atoms with E-state index >= 15 is 0 Å². The lowest BCUT2D eigenvalue weighted by Gasteiger charge is -2.31.